The lowest BCUT2D eigenvalue weighted by Gasteiger charge is -2.31. The molecule has 0 radical (unpaired) electrons. The van der Waals surface area contributed by atoms with Crippen LogP contribution in [0.25, 0.3) is 0 Å². The first-order chi connectivity index (χ1) is 13.6. The second kappa shape index (κ2) is 14.6. The number of rotatable bonds is 10. The first kappa shape index (κ1) is 25.6. The summed E-state index contributed by atoms with van der Waals surface area (Å²) in [4.78, 5) is 18.1. The van der Waals surface area contributed by atoms with Crippen molar-refractivity contribution in [1.82, 2.24) is 15.5 Å². The number of amides is 1. The van der Waals surface area contributed by atoms with Crippen LogP contribution in [0.3, 0.4) is 0 Å². The molecule has 0 saturated carbocycles. The van der Waals surface area contributed by atoms with Crippen LogP contribution < -0.4 is 16.4 Å². The van der Waals surface area contributed by atoms with Gasteiger partial charge >= 0.3 is 0 Å². The van der Waals surface area contributed by atoms with Crippen LogP contribution in [-0.4, -0.2) is 56.7 Å². The molecule has 164 valence electrons. The zero-order valence-corrected chi connectivity index (χ0v) is 20.0. The highest BCUT2D eigenvalue weighted by atomic mass is 127. The second-order valence-corrected chi connectivity index (χ2v) is 7.20. The van der Waals surface area contributed by atoms with Crippen molar-refractivity contribution in [3.8, 4) is 0 Å². The maximum atomic E-state index is 11.5. The van der Waals surface area contributed by atoms with E-state index in [-0.39, 0.29) is 35.8 Å². The number of aliphatic imine (C=N–C) groups is 1. The third-order valence-corrected chi connectivity index (χ3v) is 4.95. The fraction of sp³-hybridized carbons (Fsp3) is 0.619. The number of benzene rings is 1. The SMILES string of the molecule is CCOCCCNC(=NC)NCc1cccc(CN2CCCC(C(N)=O)C2)c1.I. The molecule has 1 unspecified atom stereocenters. The zero-order chi connectivity index (χ0) is 20.2. The van der Waals surface area contributed by atoms with Gasteiger partial charge in [0.05, 0.1) is 5.92 Å². The van der Waals surface area contributed by atoms with Crippen molar-refractivity contribution in [2.45, 2.75) is 39.3 Å². The molecule has 1 aliphatic heterocycles. The van der Waals surface area contributed by atoms with Crippen LogP contribution in [0.2, 0.25) is 0 Å². The Bertz CT molecular complexity index is 641. The molecule has 0 spiro atoms. The average Bonchev–Trinajstić information content (AvgIpc) is 2.70. The van der Waals surface area contributed by atoms with Gasteiger partial charge in [-0.25, -0.2) is 0 Å². The van der Waals surface area contributed by atoms with E-state index >= 15 is 0 Å². The predicted molar refractivity (Wildman–Crippen MR) is 128 cm³/mol. The molecule has 1 aromatic rings. The maximum absolute atomic E-state index is 11.5. The number of piperidine rings is 1. The van der Waals surface area contributed by atoms with E-state index in [1.165, 1.54) is 11.1 Å². The number of nitrogens with one attached hydrogen (secondary N) is 2. The van der Waals surface area contributed by atoms with Gasteiger partial charge in [0.25, 0.3) is 0 Å². The lowest BCUT2D eigenvalue weighted by molar-refractivity contribution is -0.123. The largest absolute Gasteiger partial charge is 0.382 e. The van der Waals surface area contributed by atoms with Gasteiger partial charge in [-0.3, -0.25) is 14.7 Å². The summed E-state index contributed by atoms with van der Waals surface area (Å²) < 4.78 is 5.34. The summed E-state index contributed by atoms with van der Waals surface area (Å²) in [5.74, 6) is 0.598. The Kier molecular flexibility index (Phi) is 12.9. The van der Waals surface area contributed by atoms with Gasteiger partial charge in [-0.2, -0.15) is 0 Å². The van der Waals surface area contributed by atoms with Crippen LogP contribution in [0.4, 0.5) is 0 Å². The van der Waals surface area contributed by atoms with E-state index in [0.29, 0.717) is 6.54 Å². The molecule has 4 N–H and O–H groups in total. The quantitative estimate of drug-likeness (QED) is 0.191. The molecule has 7 nitrogen and oxygen atoms in total. The summed E-state index contributed by atoms with van der Waals surface area (Å²) in [6.45, 7) is 7.68. The van der Waals surface area contributed by atoms with Gasteiger partial charge in [-0.05, 0) is 43.9 Å². The number of nitrogens with two attached hydrogens (primary N) is 1. The van der Waals surface area contributed by atoms with Crippen molar-refractivity contribution in [3.05, 3.63) is 35.4 Å². The Labute approximate surface area is 191 Å². The van der Waals surface area contributed by atoms with Crippen molar-refractivity contribution >= 4 is 35.8 Å². The molecule has 1 amide bonds. The number of hydrogen-bond donors (Lipinski definition) is 3. The number of nitrogens with zero attached hydrogens (tertiary/aromatic N) is 2. The Balaban J connectivity index is 0.00000420. The minimum absolute atomic E-state index is 0. The molecule has 1 aromatic carbocycles. The van der Waals surface area contributed by atoms with E-state index in [1.807, 2.05) is 6.92 Å². The highest BCUT2D eigenvalue weighted by molar-refractivity contribution is 14.0. The number of halogens is 1. The van der Waals surface area contributed by atoms with Crippen molar-refractivity contribution in [1.29, 1.82) is 0 Å². The maximum Gasteiger partial charge on any atom is 0.221 e. The highest BCUT2D eigenvalue weighted by Crippen LogP contribution is 2.18. The number of ether oxygens (including phenoxy) is 1. The molecule has 0 aromatic heterocycles. The molecule has 0 aliphatic carbocycles. The van der Waals surface area contributed by atoms with Crippen molar-refractivity contribution in [2.75, 3.05) is 39.9 Å². The molecular formula is C21H36IN5O2. The Morgan fingerprint density at radius 3 is 2.86 bits per heavy atom. The monoisotopic (exact) mass is 517 g/mol. The highest BCUT2D eigenvalue weighted by Gasteiger charge is 2.23. The summed E-state index contributed by atoms with van der Waals surface area (Å²) in [5.41, 5.74) is 7.95. The topological polar surface area (TPSA) is 92.0 Å². The van der Waals surface area contributed by atoms with Gasteiger partial charge in [0.1, 0.15) is 0 Å². The van der Waals surface area contributed by atoms with Crippen LogP contribution in [0.15, 0.2) is 29.3 Å². The van der Waals surface area contributed by atoms with Gasteiger partial charge in [0.2, 0.25) is 5.91 Å². The van der Waals surface area contributed by atoms with Gasteiger partial charge in [0.15, 0.2) is 5.96 Å². The van der Waals surface area contributed by atoms with Gasteiger partial charge in [0, 0.05) is 46.4 Å². The Morgan fingerprint density at radius 1 is 1.34 bits per heavy atom. The molecular weight excluding hydrogens is 481 g/mol. The van der Waals surface area contributed by atoms with E-state index in [9.17, 15) is 4.79 Å². The van der Waals surface area contributed by atoms with E-state index in [4.69, 9.17) is 10.5 Å². The minimum atomic E-state index is -0.178. The number of primary amides is 1. The average molecular weight is 517 g/mol. The van der Waals surface area contributed by atoms with Crippen LogP contribution in [-0.2, 0) is 22.6 Å². The zero-order valence-electron chi connectivity index (χ0n) is 17.7. The van der Waals surface area contributed by atoms with Gasteiger partial charge in [-0.15, -0.1) is 24.0 Å². The van der Waals surface area contributed by atoms with Crippen molar-refractivity contribution in [2.24, 2.45) is 16.6 Å². The number of hydrogen-bond acceptors (Lipinski definition) is 4. The molecule has 1 aliphatic rings. The predicted octanol–water partition coefficient (Wildman–Crippen LogP) is 2.09. The molecule has 2 rings (SSSR count). The van der Waals surface area contributed by atoms with Gasteiger partial charge < -0.3 is 21.1 Å². The van der Waals surface area contributed by atoms with E-state index in [2.05, 4.69) is 44.8 Å². The Morgan fingerprint density at radius 2 is 2.14 bits per heavy atom. The Hall–Kier alpha value is -1.39. The third kappa shape index (κ3) is 9.77. The second-order valence-electron chi connectivity index (χ2n) is 7.20. The van der Waals surface area contributed by atoms with Crippen LogP contribution in [0.5, 0.6) is 0 Å². The molecule has 1 fully saturated rings. The lowest BCUT2D eigenvalue weighted by atomic mass is 9.97. The number of likely N-dealkylation sites (tertiary alicyclic amines) is 1. The lowest BCUT2D eigenvalue weighted by Crippen LogP contribution is -2.40. The summed E-state index contributed by atoms with van der Waals surface area (Å²) in [5, 5.41) is 6.65. The number of carbonyl (C=O) groups excluding carboxylic acids is 1. The van der Waals surface area contributed by atoms with Crippen LogP contribution in [0.1, 0.15) is 37.3 Å². The standard InChI is InChI=1S/C21H35N5O2.HI/c1-3-28-12-6-10-24-21(23-2)25-14-17-7-4-8-18(13-17)15-26-11-5-9-19(16-26)20(22)27;/h4,7-8,13,19H,3,5-6,9-12,14-16H2,1-2H3,(H2,22,27)(H2,23,24,25);1H. The summed E-state index contributed by atoms with van der Waals surface area (Å²) in [6, 6.07) is 8.54. The summed E-state index contributed by atoms with van der Waals surface area (Å²) in [7, 11) is 1.78. The van der Waals surface area contributed by atoms with Crippen molar-refractivity contribution < 1.29 is 9.53 Å². The molecule has 29 heavy (non-hydrogen) atoms. The van der Waals surface area contributed by atoms with E-state index < -0.39 is 0 Å². The first-order valence-electron chi connectivity index (χ1n) is 10.2. The molecule has 1 saturated heterocycles. The molecule has 8 heteroatoms. The van der Waals surface area contributed by atoms with Crippen LogP contribution in [0, 0.1) is 5.92 Å². The minimum Gasteiger partial charge on any atom is -0.382 e. The molecule has 0 bridgehead atoms. The summed E-state index contributed by atoms with van der Waals surface area (Å²) >= 11 is 0. The number of carbonyl (C=O) groups is 1. The molecule has 1 heterocycles. The normalized spacial score (nSPS) is 17.4. The molecule has 1 atom stereocenters. The smallest absolute Gasteiger partial charge is 0.221 e. The van der Waals surface area contributed by atoms with Crippen LogP contribution >= 0.6 is 24.0 Å². The summed E-state index contributed by atoms with van der Waals surface area (Å²) in [6.07, 6.45) is 2.89. The third-order valence-electron chi connectivity index (χ3n) is 4.95. The fourth-order valence-electron chi connectivity index (χ4n) is 3.46. The van der Waals surface area contributed by atoms with E-state index in [1.54, 1.807) is 7.05 Å². The van der Waals surface area contributed by atoms with Crippen molar-refractivity contribution in [3.63, 3.8) is 0 Å². The van der Waals surface area contributed by atoms with E-state index in [0.717, 1.165) is 64.6 Å². The number of guanidine groups is 1. The van der Waals surface area contributed by atoms with Gasteiger partial charge in [-0.1, -0.05) is 24.3 Å². The fourth-order valence-corrected chi connectivity index (χ4v) is 3.46. The first-order valence-corrected chi connectivity index (χ1v) is 10.2.